The summed E-state index contributed by atoms with van der Waals surface area (Å²) >= 11 is 0. The maximum atomic E-state index is 15.0. The zero-order valence-corrected chi connectivity index (χ0v) is 41.9. The van der Waals surface area contributed by atoms with Gasteiger partial charge in [0.05, 0.1) is 6.10 Å². The molecule has 6 amide bonds. The summed E-state index contributed by atoms with van der Waals surface area (Å²) in [6.07, 6.45) is -9.90. The van der Waals surface area contributed by atoms with E-state index in [-0.39, 0.29) is 12.8 Å². The molecule has 0 saturated carbocycles. The fraction of sp³-hybridized carbons (Fsp3) is 0.617. The number of ether oxygens (including phenoxy) is 5. The second kappa shape index (κ2) is 26.4. The molecule has 1 aromatic carbocycles. The van der Waals surface area contributed by atoms with Gasteiger partial charge in [-0.3, -0.25) is 33.6 Å². The van der Waals surface area contributed by atoms with Crippen LogP contribution in [0.3, 0.4) is 0 Å². The Labute approximate surface area is 403 Å². The summed E-state index contributed by atoms with van der Waals surface area (Å²) < 4.78 is 28.1. The number of carbonyl (C=O) groups is 10. The van der Waals surface area contributed by atoms with Crippen LogP contribution in [0.2, 0.25) is 0 Å². The molecule has 22 nitrogen and oxygen atoms in total. The highest BCUT2D eigenvalue weighted by Gasteiger charge is 2.46. The van der Waals surface area contributed by atoms with Gasteiger partial charge in [0.2, 0.25) is 29.7 Å². The van der Waals surface area contributed by atoms with Gasteiger partial charge < -0.3 is 59.4 Å². The zero-order chi connectivity index (χ0) is 52.8. The van der Waals surface area contributed by atoms with Gasteiger partial charge in [-0.25, -0.2) is 14.4 Å². The lowest BCUT2D eigenvalue weighted by Gasteiger charge is -2.38. The summed E-state index contributed by atoms with van der Waals surface area (Å²) in [4.78, 5) is 141. The van der Waals surface area contributed by atoms with Crippen LogP contribution in [0.5, 0.6) is 0 Å². The monoisotopic (exact) mass is 974 g/mol. The van der Waals surface area contributed by atoms with Crippen LogP contribution in [0.25, 0.3) is 0 Å². The molecule has 1 aliphatic heterocycles. The highest BCUT2D eigenvalue weighted by atomic mass is 16.6. The van der Waals surface area contributed by atoms with E-state index < -0.39 is 144 Å². The number of hydrogen-bond donors (Lipinski definition) is 4. The molecule has 11 atom stereocenters. The van der Waals surface area contributed by atoms with Crippen LogP contribution in [0.1, 0.15) is 81.2 Å². The number of aliphatic hydroxyl groups excluding tert-OH is 1. The van der Waals surface area contributed by atoms with E-state index in [4.69, 9.17) is 23.7 Å². The minimum Gasteiger partial charge on any atom is -0.458 e. The second-order valence-corrected chi connectivity index (χ2v) is 17.6. The first kappa shape index (κ1) is 58.7. The lowest BCUT2D eigenvalue weighted by Crippen LogP contribution is -2.63. The van der Waals surface area contributed by atoms with Gasteiger partial charge in [-0.15, -0.1) is 0 Å². The molecule has 1 aliphatic rings. The predicted octanol–water partition coefficient (Wildman–Crippen LogP) is 0.168. The third-order valence-electron chi connectivity index (χ3n) is 11.6. The van der Waals surface area contributed by atoms with Crippen LogP contribution < -0.4 is 16.0 Å². The van der Waals surface area contributed by atoms with Crippen LogP contribution in [-0.4, -0.2) is 174 Å². The Morgan fingerprint density at radius 3 is 1.94 bits per heavy atom. The van der Waals surface area contributed by atoms with Gasteiger partial charge >= 0.3 is 23.9 Å². The van der Waals surface area contributed by atoms with E-state index in [9.17, 15) is 53.1 Å². The Morgan fingerprint density at radius 1 is 0.826 bits per heavy atom. The molecular weight excluding hydrogens is 905 g/mol. The number of carbonyl (C=O) groups excluding carboxylic acids is 10. The van der Waals surface area contributed by atoms with Crippen LogP contribution in [0.4, 0.5) is 0 Å². The molecule has 1 aromatic rings. The Morgan fingerprint density at radius 2 is 1.42 bits per heavy atom. The van der Waals surface area contributed by atoms with E-state index in [0.717, 1.165) is 28.7 Å². The third kappa shape index (κ3) is 15.8. The van der Waals surface area contributed by atoms with Gasteiger partial charge in [-0.1, -0.05) is 71.5 Å². The van der Waals surface area contributed by atoms with E-state index in [0.29, 0.717) is 5.56 Å². The van der Waals surface area contributed by atoms with Crippen molar-refractivity contribution in [3.63, 3.8) is 0 Å². The van der Waals surface area contributed by atoms with E-state index in [1.54, 1.807) is 44.2 Å². The van der Waals surface area contributed by atoms with Crippen molar-refractivity contribution in [3.8, 4) is 0 Å². The van der Waals surface area contributed by atoms with Gasteiger partial charge in [0, 0.05) is 48.0 Å². The van der Waals surface area contributed by atoms with Gasteiger partial charge in [0.15, 0.2) is 18.2 Å². The van der Waals surface area contributed by atoms with Gasteiger partial charge in [-0.05, 0) is 45.1 Å². The first-order valence-electron chi connectivity index (χ1n) is 22.5. The lowest BCUT2D eigenvalue weighted by molar-refractivity contribution is -0.185. The minimum atomic E-state index is -1.89. The van der Waals surface area contributed by atoms with Gasteiger partial charge in [0.1, 0.15) is 42.1 Å². The smallest absolute Gasteiger partial charge is 0.350 e. The summed E-state index contributed by atoms with van der Waals surface area (Å²) in [5.41, 5.74) is 0.0463. The molecule has 0 radical (unpaired) electrons. The number of aliphatic hydroxyl groups is 1. The first-order chi connectivity index (χ1) is 32.1. The molecule has 2 rings (SSSR count). The van der Waals surface area contributed by atoms with Crippen molar-refractivity contribution in [2.24, 2.45) is 11.8 Å². The normalized spacial score (nSPS) is 25.0. The number of hydrogen-bond acceptors (Lipinski definition) is 16. The lowest BCUT2D eigenvalue weighted by atomic mass is 9.96. The average molecular weight is 975 g/mol. The number of nitrogens with zero attached hydrogens (tertiary/aromatic N) is 3. The van der Waals surface area contributed by atoms with Crippen molar-refractivity contribution >= 4 is 59.3 Å². The number of methoxy groups -OCH3 is 1. The number of esters is 4. The molecule has 69 heavy (non-hydrogen) atoms. The topological polar surface area (TPSA) is 283 Å². The molecule has 0 spiro atoms. The van der Waals surface area contributed by atoms with Gasteiger partial charge in [0.25, 0.3) is 11.8 Å². The minimum absolute atomic E-state index is 0.169. The number of likely N-dealkylation sites (N-methyl/N-ethyl adjacent to an activating group) is 3. The van der Waals surface area contributed by atoms with Crippen LogP contribution in [-0.2, 0) is 78.1 Å². The summed E-state index contributed by atoms with van der Waals surface area (Å²) in [5, 5.41) is 18.3. The van der Waals surface area contributed by atoms with Crippen molar-refractivity contribution in [3.05, 3.63) is 48.2 Å². The highest BCUT2D eigenvalue weighted by Crippen LogP contribution is 2.22. The highest BCUT2D eigenvalue weighted by molar-refractivity contribution is 6.01. The molecule has 384 valence electrons. The molecule has 0 aromatic heterocycles. The Hall–Kier alpha value is -6.42. The van der Waals surface area contributed by atoms with E-state index in [1.165, 1.54) is 69.7 Å². The SMILES string of the molecule is C=C1C(=O)N[C@@H](C)C(=O)N(C)[C@@H](C)C(=O)N[C@@H]([C@H](OC(=O)C(OC(=O)CC)[C@H](O)C(C)C)C(C)C)C(=O)N(C)C([C@@H](C)OC)C(=O)O[C@H](C)[C@H](NC(C)=O)C(=O)O[C@H](Cc2ccccc2)C(=O)N1C. The Balaban J connectivity index is 2.90. The van der Waals surface area contributed by atoms with Gasteiger partial charge in [-0.2, -0.15) is 0 Å². The predicted molar refractivity (Wildman–Crippen MR) is 246 cm³/mol. The molecule has 1 fully saturated rings. The van der Waals surface area contributed by atoms with Crippen LogP contribution in [0.15, 0.2) is 42.6 Å². The van der Waals surface area contributed by atoms with Crippen molar-refractivity contribution in [1.82, 2.24) is 30.7 Å². The molecule has 1 heterocycles. The summed E-state index contributed by atoms with van der Waals surface area (Å²) in [6, 6.07) is 0.234. The standard InChI is InChI=1S/C47H70N6O16/c1-16-33(55)68-39(37(56)23(2)3)47(64)69-38(24(4)5)35-44(61)53(14)36(29(10)65-15)46(63)66-28(9)34(49-30(11)54)45(62)67-32(22-31-20-18-17-19-21-31)43(60)52(13)26(7)40(57)48-25(6)42(59)51(12)27(8)41(58)50-35/h17-21,23-25,27-29,32,34-39,56H,7,16,22H2,1-6,8-15H3,(H,48,57)(H,49,54)(H,50,58)/t25-,27-,28+,29+,32+,34-,35-,36?,37+,38+,39?/m0/s1. The Kier molecular flexibility index (Phi) is 22.4. The van der Waals surface area contributed by atoms with Crippen molar-refractivity contribution in [1.29, 1.82) is 0 Å². The Bertz CT molecular complexity index is 2050. The molecule has 1 saturated heterocycles. The summed E-state index contributed by atoms with van der Waals surface area (Å²) in [5.74, 6) is -11.6. The van der Waals surface area contributed by atoms with E-state index in [1.807, 2.05) is 0 Å². The molecule has 4 N–H and O–H groups in total. The molecule has 2 unspecified atom stereocenters. The molecule has 0 bridgehead atoms. The maximum Gasteiger partial charge on any atom is 0.350 e. The van der Waals surface area contributed by atoms with Crippen molar-refractivity contribution < 1.29 is 76.7 Å². The fourth-order valence-electron chi connectivity index (χ4n) is 6.97. The average Bonchev–Trinajstić information content (AvgIpc) is 3.30. The second-order valence-electron chi connectivity index (χ2n) is 17.6. The summed E-state index contributed by atoms with van der Waals surface area (Å²) in [6.45, 7) is 17.7. The number of nitrogens with one attached hydrogen (secondary N) is 3. The summed E-state index contributed by atoms with van der Waals surface area (Å²) in [7, 11) is 4.81. The third-order valence-corrected chi connectivity index (χ3v) is 11.6. The largest absolute Gasteiger partial charge is 0.458 e. The number of amides is 6. The molecular formula is C47H70N6O16. The molecule has 22 heteroatoms. The zero-order valence-electron chi connectivity index (χ0n) is 41.9. The number of benzene rings is 1. The van der Waals surface area contributed by atoms with Crippen molar-refractivity contribution in [2.45, 2.75) is 149 Å². The van der Waals surface area contributed by atoms with Crippen LogP contribution in [0, 0.1) is 11.8 Å². The van der Waals surface area contributed by atoms with Crippen molar-refractivity contribution in [2.75, 3.05) is 28.3 Å². The quantitative estimate of drug-likeness (QED) is 0.116. The van der Waals surface area contributed by atoms with E-state index in [2.05, 4.69) is 22.5 Å². The van der Waals surface area contributed by atoms with E-state index >= 15 is 0 Å². The first-order valence-corrected chi connectivity index (χ1v) is 22.5. The molecule has 0 aliphatic carbocycles. The number of rotatable bonds is 13. The van der Waals surface area contributed by atoms with Crippen LogP contribution >= 0.6 is 0 Å². The number of cyclic esters (lactones) is 2. The fourth-order valence-corrected chi connectivity index (χ4v) is 6.97. The maximum absolute atomic E-state index is 15.0.